The van der Waals surface area contributed by atoms with Crippen molar-refractivity contribution < 1.29 is 18.0 Å². The summed E-state index contributed by atoms with van der Waals surface area (Å²) >= 11 is -0.355. The van der Waals surface area contributed by atoms with Crippen LogP contribution in [0.5, 0.6) is 0 Å². The topological polar surface area (TPSA) is 45.2 Å². The van der Waals surface area contributed by atoms with Gasteiger partial charge in [0.05, 0.1) is 5.56 Å². The van der Waals surface area contributed by atoms with Crippen molar-refractivity contribution >= 4 is 30.1 Å². The van der Waals surface area contributed by atoms with E-state index < -0.39 is 11.4 Å². The molecule has 9 heteroatoms. The van der Waals surface area contributed by atoms with Crippen LogP contribution in [-0.4, -0.2) is 47.5 Å². The van der Waals surface area contributed by atoms with Crippen molar-refractivity contribution in [1.82, 2.24) is 15.2 Å². The number of rotatable bonds is 2. The van der Waals surface area contributed by atoms with E-state index in [-0.39, 0.29) is 34.8 Å². The van der Waals surface area contributed by atoms with Gasteiger partial charge in [0, 0.05) is 44.1 Å². The molecule has 1 amide bonds. The van der Waals surface area contributed by atoms with E-state index in [1.165, 1.54) is 23.2 Å². The SMILES string of the molecule is Cl.O=C(c1cccnc1SC(F)(F)F)N1CCNCC1. The van der Waals surface area contributed by atoms with Crippen molar-refractivity contribution in [2.45, 2.75) is 10.5 Å². The summed E-state index contributed by atoms with van der Waals surface area (Å²) in [4.78, 5) is 17.4. The highest BCUT2D eigenvalue weighted by Crippen LogP contribution is 2.37. The first-order chi connectivity index (χ1) is 8.97. The van der Waals surface area contributed by atoms with Crippen molar-refractivity contribution in [1.29, 1.82) is 0 Å². The Labute approximate surface area is 124 Å². The van der Waals surface area contributed by atoms with Gasteiger partial charge in [-0.15, -0.1) is 12.4 Å². The number of aromatic nitrogens is 1. The lowest BCUT2D eigenvalue weighted by Crippen LogP contribution is -2.46. The predicted molar refractivity (Wildman–Crippen MR) is 72.2 cm³/mol. The lowest BCUT2D eigenvalue weighted by Gasteiger charge is -2.27. The number of hydrogen-bond donors (Lipinski definition) is 1. The summed E-state index contributed by atoms with van der Waals surface area (Å²) in [6, 6.07) is 2.85. The van der Waals surface area contributed by atoms with Gasteiger partial charge in [0.15, 0.2) is 0 Å². The third kappa shape index (κ3) is 4.53. The maximum atomic E-state index is 12.4. The molecule has 4 nitrogen and oxygen atoms in total. The molecule has 20 heavy (non-hydrogen) atoms. The van der Waals surface area contributed by atoms with E-state index in [4.69, 9.17) is 0 Å². The number of carbonyl (C=O) groups excluding carboxylic acids is 1. The van der Waals surface area contributed by atoms with Gasteiger partial charge in [-0.05, 0) is 12.1 Å². The Morgan fingerprint density at radius 1 is 1.35 bits per heavy atom. The van der Waals surface area contributed by atoms with Crippen LogP contribution in [0.4, 0.5) is 13.2 Å². The summed E-state index contributed by atoms with van der Waals surface area (Å²) in [5, 5.41) is 2.79. The number of halogens is 4. The Bertz CT molecular complexity index is 466. The summed E-state index contributed by atoms with van der Waals surface area (Å²) in [7, 11) is 0. The minimum atomic E-state index is -4.45. The van der Waals surface area contributed by atoms with Crippen LogP contribution >= 0.6 is 24.2 Å². The number of piperazine rings is 1. The van der Waals surface area contributed by atoms with Gasteiger partial charge in [-0.25, -0.2) is 4.98 Å². The second-order valence-corrected chi connectivity index (χ2v) is 5.00. The number of alkyl halides is 3. The normalized spacial score (nSPS) is 15.7. The zero-order chi connectivity index (χ0) is 13.9. The number of pyridine rings is 1. The second kappa shape index (κ2) is 7.14. The molecule has 1 aromatic rings. The van der Waals surface area contributed by atoms with Crippen LogP contribution in [0, 0.1) is 0 Å². The molecule has 1 fully saturated rings. The molecule has 0 unspecified atom stereocenters. The lowest BCUT2D eigenvalue weighted by molar-refractivity contribution is -0.0329. The van der Waals surface area contributed by atoms with Gasteiger partial charge in [-0.1, -0.05) is 0 Å². The van der Waals surface area contributed by atoms with Crippen molar-refractivity contribution in [2.24, 2.45) is 0 Å². The number of carbonyl (C=O) groups is 1. The molecule has 0 atom stereocenters. The minimum Gasteiger partial charge on any atom is -0.336 e. The first-order valence-electron chi connectivity index (χ1n) is 5.68. The molecule has 2 rings (SSSR count). The fourth-order valence-electron chi connectivity index (χ4n) is 1.78. The van der Waals surface area contributed by atoms with Crippen LogP contribution in [0.1, 0.15) is 10.4 Å². The fourth-order valence-corrected chi connectivity index (χ4v) is 2.38. The van der Waals surface area contributed by atoms with E-state index in [1.54, 1.807) is 0 Å². The maximum absolute atomic E-state index is 12.4. The highest BCUT2D eigenvalue weighted by atomic mass is 35.5. The molecular formula is C11H13ClF3N3OS. The van der Waals surface area contributed by atoms with Gasteiger partial charge < -0.3 is 10.2 Å². The van der Waals surface area contributed by atoms with Crippen LogP contribution in [-0.2, 0) is 0 Å². The van der Waals surface area contributed by atoms with Crippen LogP contribution in [0.25, 0.3) is 0 Å². The van der Waals surface area contributed by atoms with E-state index in [9.17, 15) is 18.0 Å². The molecule has 0 saturated carbocycles. The van der Waals surface area contributed by atoms with Crippen LogP contribution in [0.2, 0.25) is 0 Å². The quantitative estimate of drug-likeness (QED) is 0.846. The third-order valence-corrected chi connectivity index (χ3v) is 3.37. The molecule has 0 aliphatic carbocycles. The number of nitrogens with one attached hydrogen (secondary N) is 1. The zero-order valence-electron chi connectivity index (χ0n) is 10.3. The Morgan fingerprint density at radius 3 is 2.60 bits per heavy atom. The summed E-state index contributed by atoms with van der Waals surface area (Å²) in [5.74, 6) is -0.402. The lowest BCUT2D eigenvalue weighted by atomic mass is 10.2. The van der Waals surface area contributed by atoms with Crippen molar-refractivity contribution in [3.05, 3.63) is 23.9 Å². The highest BCUT2D eigenvalue weighted by molar-refractivity contribution is 8.00. The van der Waals surface area contributed by atoms with Crippen molar-refractivity contribution in [2.75, 3.05) is 26.2 Å². The Balaban J connectivity index is 0.00000200. The molecule has 1 aliphatic heterocycles. The average Bonchev–Trinajstić information content (AvgIpc) is 2.38. The summed E-state index contributed by atoms with van der Waals surface area (Å²) < 4.78 is 37.2. The minimum absolute atomic E-state index is 0. The second-order valence-electron chi connectivity index (χ2n) is 3.95. The van der Waals surface area contributed by atoms with E-state index in [1.807, 2.05) is 0 Å². The number of thioether (sulfide) groups is 1. The van der Waals surface area contributed by atoms with Gasteiger partial charge >= 0.3 is 5.51 Å². The predicted octanol–water partition coefficient (Wildman–Crippen LogP) is 2.16. The largest absolute Gasteiger partial charge is 0.447 e. The van der Waals surface area contributed by atoms with Gasteiger partial charge in [-0.3, -0.25) is 4.79 Å². The summed E-state index contributed by atoms with van der Waals surface area (Å²) in [6.45, 7) is 2.27. The van der Waals surface area contributed by atoms with Gasteiger partial charge in [0.1, 0.15) is 5.03 Å². The smallest absolute Gasteiger partial charge is 0.336 e. The Kier molecular flexibility index (Phi) is 6.09. The molecule has 0 radical (unpaired) electrons. The van der Waals surface area contributed by atoms with Gasteiger partial charge in [0.25, 0.3) is 5.91 Å². The van der Waals surface area contributed by atoms with Crippen molar-refractivity contribution in [3.63, 3.8) is 0 Å². The molecule has 1 aromatic heterocycles. The first kappa shape index (κ1) is 17.1. The summed E-state index contributed by atoms with van der Waals surface area (Å²) in [5.41, 5.74) is -4.45. The third-order valence-electron chi connectivity index (χ3n) is 2.62. The average molecular weight is 328 g/mol. The molecule has 1 saturated heterocycles. The molecule has 1 aliphatic rings. The molecule has 0 spiro atoms. The number of hydrogen-bond acceptors (Lipinski definition) is 4. The highest BCUT2D eigenvalue weighted by Gasteiger charge is 2.33. The molecule has 0 bridgehead atoms. The zero-order valence-corrected chi connectivity index (χ0v) is 11.9. The molecule has 0 aromatic carbocycles. The standard InChI is InChI=1S/C11H12F3N3OS.ClH/c12-11(13,14)19-9-8(2-1-3-16-9)10(18)17-6-4-15-5-7-17;/h1-3,15H,4-7H2;1H. The summed E-state index contributed by atoms with van der Waals surface area (Å²) in [6.07, 6.45) is 1.25. The van der Waals surface area contributed by atoms with Crippen LogP contribution in [0.15, 0.2) is 23.4 Å². The number of nitrogens with zero attached hydrogens (tertiary/aromatic N) is 2. The molecular weight excluding hydrogens is 315 g/mol. The van der Waals surface area contributed by atoms with E-state index in [2.05, 4.69) is 10.3 Å². The Morgan fingerprint density at radius 2 is 2.00 bits per heavy atom. The van der Waals surface area contributed by atoms with E-state index in [0.29, 0.717) is 26.2 Å². The first-order valence-corrected chi connectivity index (χ1v) is 6.50. The van der Waals surface area contributed by atoms with Gasteiger partial charge in [-0.2, -0.15) is 13.2 Å². The van der Waals surface area contributed by atoms with Crippen LogP contribution < -0.4 is 5.32 Å². The van der Waals surface area contributed by atoms with E-state index >= 15 is 0 Å². The Hall–Kier alpha value is -0.990. The number of amides is 1. The maximum Gasteiger partial charge on any atom is 0.447 e. The fraction of sp³-hybridized carbons (Fsp3) is 0.455. The van der Waals surface area contributed by atoms with Crippen molar-refractivity contribution in [3.8, 4) is 0 Å². The monoisotopic (exact) mass is 327 g/mol. The molecule has 1 N–H and O–H groups in total. The van der Waals surface area contributed by atoms with Gasteiger partial charge in [0.2, 0.25) is 0 Å². The molecule has 112 valence electrons. The molecule has 2 heterocycles. The van der Waals surface area contributed by atoms with E-state index in [0.717, 1.165) is 0 Å². The van der Waals surface area contributed by atoms with Crippen LogP contribution in [0.3, 0.4) is 0 Å².